The summed E-state index contributed by atoms with van der Waals surface area (Å²) in [6.45, 7) is 3.24. The van der Waals surface area contributed by atoms with Crippen molar-refractivity contribution in [1.82, 2.24) is 10.2 Å². The van der Waals surface area contributed by atoms with Gasteiger partial charge in [0.25, 0.3) is 5.91 Å². The molecule has 24 heavy (non-hydrogen) atoms. The van der Waals surface area contributed by atoms with E-state index in [2.05, 4.69) is 22.6 Å². The van der Waals surface area contributed by atoms with Gasteiger partial charge in [-0.15, -0.1) is 0 Å². The van der Waals surface area contributed by atoms with Crippen molar-refractivity contribution < 1.29 is 19.1 Å². The lowest BCUT2D eigenvalue weighted by Crippen LogP contribution is -2.41. The first-order valence-electron chi connectivity index (χ1n) is 8.22. The van der Waals surface area contributed by atoms with Gasteiger partial charge in [-0.1, -0.05) is 6.07 Å². The highest BCUT2D eigenvalue weighted by molar-refractivity contribution is 5.95. The predicted molar refractivity (Wildman–Crippen MR) is 89.1 cm³/mol. The van der Waals surface area contributed by atoms with Crippen LogP contribution in [0, 0.1) is 0 Å². The van der Waals surface area contributed by atoms with Crippen LogP contribution in [0.2, 0.25) is 0 Å². The maximum atomic E-state index is 12.1. The van der Waals surface area contributed by atoms with Gasteiger partial charge in [0.15, 0.2) is 6.61 Å². The highest BCUT2D eigenvalue weighted by Crippen LogP contribution is 2.28. The SMILES string of the molecule is CN1CCO[C@H](CCNC(=O)Cc2ccc3c(c2)NC(=O)CO3)C1. The second kappa shape index (κ2) is 7.63. The molecule has 1 fully saturated rings. The van der Waals surface area contributed by atoms with Crippen LogP contribution in [0.4, 0.5) is 5.69 Å². The molecule has 0 aromatic heterocycles. The number of carbonyl (C=O) groups excluding carboxylic acids is 2. The Morgan fingerprint density at radius 1 is 1.46 bits per heavy atom. The van der Waals surface area contributed by atoms with Crippen molar-refractivity contribution in [3.63, 3.8) is 0 Å². The molecule has 2 amide bonds. The Morgan fingerprint density at radius 2 is 2.33 bits per heavy atom. The highest BCUT2D eigenvalue weighted by Gasteiger charge is 2.18. The molecule has 130 valence electrons. The van der Waals surface area contributed by atoms with Crippen molar-refractivity contribution in [3.05, 3.63) is 23.8 Å². The number of likely N-dealkylation sites (N-methyl/N-ethyl adjacent to an activating group) is 1. The monoisotopic (exact) mass is 333 g/mol. The zero-order chi connectivity index (χ0) is 16.9. The van der Waals surface area contributed by atoms with Crippen LogP contribution < -0.4 is 15.4 Å². The van der Waals surface area contributed by atoms with Crippen LogP contribution in [-0.2, 0) is 20.7 Å². The molecule has 2 aliphatic rings. The fourth-order valence-electron chi connectivity index (χ4n) is 2.90. The van der Waals surface area contributed by atoms with Crippen molar-refractivity contribution in [2.75, 3.05) is 45.2 Å². The number of carbonyl (C=O) groups is 2. The average Bonchev–Trinajstić information content (AvgIpc) is 2.54. The van der Waals surface area contributed by atoms with Gasteiger partial charge in [-0.25, -0.2) is 0 Å². The van der Waals surface area contributed by atoms with Gasteiger partial charge in [0.2, 0.25) is 5.91 Å². The molecule has 0 aliphatic carbocycles. The number of fused-ring (bicyclic) bond motifs is 1. The number of morpholine rings is 1. The Balaban J connectivity index is 1.45. The zero-order valence-corrected chi connectivity index (χ0v) is 13.8. The predicted octanol–water partition coefficient (Wildman–Crippen LogP) is 0.397. The number of nitrogens with one attached hydrogen (secondary N) is 2. The van der Waals surface area contributed by atoms with E-state index in [4.69, 9.17) is 9.47 Å². The van der Waals surface area contributed by atoms with E-state index in [0.29, 0.717) is 18.0 Å². The molecular formula is C17H23N3O4. The molecule has 1 saturated heterocycles. The van der Waals surface area contributed by atoms with Crippen LogP contribution in [0.5, 0.6) is 5.75 Å². The van der Waals surface area contributed by atoms with Gasteiger partial charge in [0.1, 0.15) is 5.75 Å². The smallest absolute Gasteiger partial charge is 0.262 e. The lowest BCUT2D eigenvalue weighted by molar-refractivity contribution is -0.120. The van der Waals surface area contributed by atoms with E-state index >= 15 is 0 Å². The normalized spacial score (nSPS) is 20.7. The Kier molecular flexibility index (Phi) is 5.32. The maximum Gasteiger partial charge on any atom is 0.262 e. The van der Waals surface area contributed by atoms with Crippen LogP contribution >= 0.6 is 0 Å². The van der Waals surface area contributed by atoms with Gasteiger partial charge in [0.05, 0.1) is 24.8 Å². The van der Waals surface area contributed by atoms with E-state index < -0.39 is 0 Å². The van der Waals surface area contributed by atoms with Gasteiger partial charge in [0, 0.05) is 19.6 Å². The quantitative estimate of drug-likeness (QED) is 0.815. The number of rotatable bonds is 5. The van der Waals surface area contributed by atoms with Crippen LogP contribution in [0.15, 0.2) is 18.2 Å². The minimum Gasteiger partial charge on any atom is -0.482 e. The molecule has 0 saturated carbocycles. The molecule has 7 nitrogen and oxygen atoms in total. The number of hydrogen-bond donors (Lipinski definition) is 2. The molecule has 0 spiro atoms. The van der Waals surface area contributed by atoms with Crippen molar-refractivity contribution in [2.45, 2.75) is 18.9 Å². The van der Waals surface area contributed by atoms with Crippen LogP contribution in [0.3, 0.4) is 0 Å². The molecule has 0 bridgehead atoms. The molecule has 2 heterocycles. The summed E-state index contributed by atoms with van der Waals surface area (Å²) in [6.07, 6.45) is 1.26. The molecular weight excluding hydrogens is 310 g/mol. The second-order valence-electron chi connectivity index (χ2n) is 6.24. The van der Waals surface area contributed by atoms with E-state index in [0.717, 1.165) is 31.7 Å². The summed E-state index contributed by atoms with van der Waals surface area (Å²) >= 11 is 0. The molecule has 1 aromatic rings. The third kappa shape index (κ3) is 4.46. The second-order valence-corrected chi connectivity index (χ2v) is 6.24. The van der Waals surface area contributed by atoms with Gasteiger partial charge in [-0.2, -0.15) is 0 Å². The van der Waals surface area contributed by atoms with Crippen molar-refractivity contribution in [2.24, 2.45) is 0 Å². The van der Waals surface area contributed by atoms with Crippen LogP contribution in [0.1, 0.15) is 12.0 Å². The lowest BCUT2D eigenvalue weighted by Gasteiger charge is -2.30. The summed E-state index contributed by atoms with van der Waals surface area (Å²) in [7, 11) is 2.08. The first-order valence-corrected chi connectivity index (χ1v) is 8.22. The van der Waals surface area contributed by atoms with Gasteiger partial charge in [-0.05, 0) is 31.2 Å². The summed E-state index contributed by atoms with van der Waals surface area (Å²) in [6, 6.07) is 5.41. The third-order valence-corrected chi connectivity index (χ3v) is 4.17. The molecule has 1 atom stereocenters. The summed E-state index contributed by atoms with van der Waals surface area (Å²) in [5, 5.41) is 5.67. The van der Waals surface area contributed by atoms with E-state index in [1.807, 2.05) is 6.07 Å². The van der Waals surface area contributed by atoms with Crippen LogP contribution in [-0.4, -0.2) is 62.7 Å². The minimum atomic E-state index is -0.179. The van der Waals surface area contributed by atoms with Gasteiger partial charge < -0.3 is 25.0 Å². The van der Waals surface area contributed by atoms with E-state index in [9.17, 15) is 9.59 Å². The van der Waals surface area contributed by atoms with E-state index in [1.54, 1.807) is 12.1 Å². The summed E-state index contributed by atoms with van der Waals surface area (Å²) < 4.78 is 11.0. The zero-order valence-electron chi connectivity index (χ0n) is 13.8. The molecule has 2 aliphatic heterocycles. The Morgan fingerprint density at radius 3 is 3.17 bits per heavy atom. The number of ether oxygens (including phenoxy) is 2. The number of benzene rings is 1. The maximum absolute atomic E-state index is 12.1. The molecule has 2 N–H and O–H groups in total. The molecule has 7 heteroatoms. The number of anilines is 1. The van der Waals surface area contributed by atoms with Crippen molar-refractivity contribution in [1.29, 1.82) is 0 Å². The fraction of sp³-hybridized carbons (Fsp3) is 0.529. The minimum absolute atomic E-state index is 0.0330. The van der Waals surface area contributed by atoms with E-state index in [1.165, 1.54) is 0 Å². The Labute approximate surface area is 141 Å². The fourth-order valence-corrected chi connectivity index (χ4v) is 2.90. The highest BCUT2D eigenvalue weighted by atomic mass is 16.5. The summed E-state index contributed by atoms with van der Waals surface area (Å²) in [4.78, 5) is 25.6. The topological polar surface area (TPSA) is 79.9 Å². The summed E-state index contributed by atoms with van der Waals surface area (Å²) in [5.74, 6) is 0.418. The Hall–Kier alpha value is -2.12. The Bertz CT molecular complexity index is 620. The molecule has 0 radical (unpaired) electrons. The first kappa shape index (κ1) is 16.7. The van der Waals surface area contributed by atoms with Crippen molar-refractivity contribution >= 4 is 17.5 Å². The van der Waals surface area contributed by atoms with Gasteiger partial charge in [-0.3, -0.25) is 9.59 Å². The molecule has 3 rings (SSSR count). The number of hydrogen-bond acceptors (Lipinski definition) is 5. The van der Waals surface area contributed by atoms with Crippen molar-refractivity contribution in [3.8, 4) is 5.75 Å². The molecule has 1 aromatic carbocycles. The lowest BCUT2D eigenvalue weighted by atomic mass is 10.1. The number of amides is 2. The van der Waals surface area contributed by atoms with Gasteiger partial charge >= 0.3 is 0 Å². The largest absolute Gasteiger partial charge is 0.482 e. The first-order chi connectivity index (χ1) is 11.6. The summed E-state index contributed by atoms with van der Waals surface area (Å²) in [5.41, 5.74) is 1.46. The average molecular weight is 333 g/mol. The molecule has 0 unspecified atom stereocenters. The standard InChI is InChI=1S/C17H23N3O4/c1-20-6-7-23-13(10-20)4-5-18-16(21)9-12-2-3-15-14(8-12)19-17(22)11-24-15/h2-3,8,13H,4-7,9-11H2,1H3,(H,18,21)(H,19,22)/t13-/m1/s1. The third-order valence-electron chi connectivity index (χ3n) is 4.17. The van der Waals surface area contributed by atoms with E-state index in [-0.39, 0.29) is 30.9 Å². The van der Waals surface area contributed by atoms with Crippen LogP contribution in [0.25, 0.3) is 0 Å². The number of nitrogens with zero attached hydrogens (tertiary/aromatic N) is 1.